The molecule has 0 saturated carbocycles. The first-order valence-corrected chi connectivity index (χ1v) is 12.3. The van der Waals surface area contributed by atoms with E-state index < -0.39 is 0 Å². The molecule has 2 amide bonds. The van der Waals surface area contributed by atoms with Crippen LogP contribution in [-0.4, -0.2) is 32.8 Å². The number of thiazole rings is 1. The summed E-state index contributed by atoms with van der Waals surface area (Å²) in [5.41, 5.74) is 3.64. The van der Waals surface area contributed by atoms with Crippen LogP contribution in [0.25, 0.3) is 0 Å². The average molecular weight is 491 g/mol. The van der Waals surface area contributed by atoms with E-state index in [0.29, 0.717) is 30.9 Å². The highest BCUT2D eigenvalue weighted by molar-refractivity contribution is 7.09. The molecule has 2 aromatic carbocycles. The molecule has 2 heterocycles. The fourth-order valence-corrected chi connectivity index (χ4v) is 4.48. The van der Waals surface area contributed by atoms with Crippen LogP contribution in [0, 0.1) is 12.7 Å². The van der Waals surface area contributed by atoms with E-state index in [2.05, 4.69) is 10.3 Å². The maximum absolute atomic E-state index is 13.3. The zero-order chi connectivity index (χ0) is 24.8. The van der Waals surface area contributed by atoms with Gasteiger partial charge in [0, 0.05) is 35.1 Å². The molecule has 0 fully saturated rings. The summed E-state index contributed by atoms with van der Waals surface area (Å²) in [5, 5.41) is 5.42. The number of carbonyl (C=O) groups excluding carboxylic acids is 2. The number of hydrogen-bond acceptors (Lipinski definition) is 4. The maximum atomic E-state index is 13.3. The Kier molecular flexibility index (Phi) is 7.72. The van der Waals surface area contributed by atoms with Crippen LogP contribution in [0.3, 0.4) is 0 Å². The van der Waals surface area contributed by atoms with Gasteiger partial charge in [0.05, 0.1) is 13.1 Å². The molecular weight excluding hydrogens is 463 g/mol. The molecule has 0 unspecified atom stereocenters. The van der Waals surface area contributed by atoms with E-state index >= 15 is 0 Å². The van der Waals surface area contributed by atoms with Crippen molar-refractivity contribution < 1.29 is 14.0 Å². The predicted octanol–water partition coefficient (Wildman–Crippen LogP) is 5.75. The Balaban J connectivity index is 1.43. The van der Waals surface area contributed by atoms with E-state index in [1.165, 1.54) is 35.6 Å². The van der Waals surface area contributed by atoms with E-state index in [1.54, 1.807) is 10.3 Å². The molecule has 35 heavy (non-hydrogen) atoms. The Morgan fingerprint density at radius 2 is 1.83 bits per heavy atom. The highest BCUT2D eigenvalue weighted by atomic mass is 32.1. The van der Waals surface area contributed by atoms with Crippen LogP contribution in [0.15, 0.2) is 72.2 Å². The first-order valence-electron chi connectivity index (χ1n) is 11.4. The van der Waals surface area contributed by atoms with Crippen LogP contribution < -0.4 is 5.32 Å². The smallest absolute Gasteiger partial charge is 0.275 e. The van der Waals surface area contributed by atoms with Crippen LogP contribution in [0.2, 0.25) is 0 Å². The highest BCUT2D eigenvalue weighted by Crippen LogP contribution is 2.18. The van der Waals surface area contributed by atoms with E-state index in [0.717, 1.165) is 28.4 Å². The summed E-state index contributed by atoms with van der Waals surface area (Å²) in [6.45, 7) is 5.51. The summed E-state index contributed by atoms with van der Waals surface area (Å²) in [4.78, 5) is 31.9. The quantitative estimate of drug-likeness (QED) is 0.325. The first kappa shape index (κ1) is 24.3. The second kappa shape index (κ2) is 11.1. The van der Waals surface area contributed by atoms with Crippen LogP contribution in [0.5, 0.6) is 0 Å². The number of nitrogens with one attached hydrogen (secondary N) is 1. The number of amides is 2. The second-order valence-corrected chi connectivity index (χ2v) is 9.25. The first-order chi connectivity index (χ1) is 16.9. The van der Waals surface area contributed by atoms with Crippen LogP contribution in [0.4, 0.5) is 10.1 Å². The summed E-state index contributed by atoms with van der Waals surface area (Å²) in [5.74, 6) is -0.750. The number of aromatic nitrogens is 2. The van der Waals surface area contributed by atoms with Crippen LogP contribution in [0.1, 0.15) is 50.5 Å². The van der Waals surface area contributed by atoms with Gasteiger partial charge in [0.25, 0.3) is 11.8 Å². The molecule has 4 aromatic rings. The van der Waals surface area contributed by atoms with Crippen molar-refractivity contribution in [2.75, 3.05) is 11.9 Å². The Morgan fingerprint density at radius 1 is 1.09 bits per heavy atom. The predicted molar refractivity (Wildman–Crippen MR) is 136 cm³/mol. The van der Waals surface area contributed by atoms with Crippen molar-refractivity contribution in [1.82, 2.24) is 14.5 Å². The molecule has 0 radical (unpaired) electrons. The van der Waals surface area contributed by atoms with Gasteiger partial charge in [0.1, 0.15) is 16.5 Å². The van der Waals surface area contributed by atoms with Crippen molar-refractivity contribution in [2.24, 2.45) is 0 Å². The van der Waals surface area contributed by atoms with Gasteiger partial charge in [0.15, 0.2) is 0 Å². The third-order valence-electron chi connectivity index (χ3n) is 5.55. The lowest BCUT2D eigenvalue weighted by atomic mass is 10.2. The molecule has 0 bridgehead atoms. The molecule has 2 aromatic heterocycles. The Hall–Kier alpha value is -3.78. The maximum Gasteiger partial charge on any atom is 0.275 e. The third-order valence-corrected chi connectivity index (χ3v) is 6.38. The summed E-state index contributed by atoms with van der Waals surface area (Å²) in [6.07, 6.45) is 2.74. The molecule has 0 spiro atoms. The van der Waals surface area contributed by atoms with Crippen molar-refractivity contribution in [1.29, 1.82) is 0 Å². The zero-order valence-electron chi connectivity index (χ0n) is 19.7. The minimum absolute atomic E-state index is 0.135. The zero-order valence-corrected chi connectivity index (χ0v) is 20.5. The summed E-state index contributed by atoms with van der Waals surface area (Å²) < 4.78 is 15.3. The molecule has 0 saturated heterocycles. The average Bonchev–Trinajstić information content (AvgIpc) is 3.50. The van der Waals surface area contributed by atoms with Crippen molar-refractivity contribution >= 4 is 28.8 Å². The molecule has 0 aliphatic carbocycles. The van der Waals surface area contributed by atoms with E-state index in [9.17, 15) is 14.0 Å². The molecule has 1 N–H and O–H groups in total. The van der Waals surface area contributed by atoms with Crippen LogP contribution >= 0.6 is 11.3 Å². The minimum atomic E-state index is -0.368. The largest absolute Gasteiger partial charge is 0.343 e. The Morgan fingerprint density at radius 3 is 2.54 bits per heavy atom. The van der Waals surface area contributed by atoms with Gasteiger partial charge in [0.2, 0.25) is 0 Å². The normalized spacial score (nSPS) is 10.8. The molecule has 0 aliphatic heterocycles. The molecule has 8 heteroatoms. The van der Waals surface area contributed by atoms with Crippen LogP contribution in [-0.2, 0) is 13.1 Å². The molecule has 180 valence electrons. The second-order valence-electron chi connectivity index (χ2n) is 8.31. The van der Waals surface area contributed by atoms with Gasteiger partial charge < -0.3 is 14.8 Å². The SMILES string of the molecule is CCCN(Cc1cccn1Cc1nc(C(=O)Nc2ccc(C)cc2)cs1)C(=O)c1ccc(F)cc1. The number of halogens is 1. The van der Waals surface area contributed by atoms with Gasteiger partial charge in [-0.1, -0.05) is 24.6 Å². The standard InChI is InChI=1S/C27H27FN4O2S/c1-3-14-32(27(34)20-8-10-21(28)11-9-20)16-23-5-4-15-31(23)17-25-30-24(18-35-25)26(33)29-22-12-6-19(2)7-13-22/h4-13,15,18H,3,14,16-17H2,1-2H3,(H,29,33). The molecular formula is C27H27FN4O2S. The highest BCUT2D eigenvalue weighted by Gasteiger charge is 2.18. The summed E-state index contributed by atoms with van der Waals surface area (Å²) in [7, 11) is 0. The topological polar surface area (TPSA) is 67.2 Å². The lowest BCUT2D eigenvalue weighted by Gasteiger charge is -2.23. The van der Waals surface area contributed by atoms with Crippen molar-refractivity contribution in [2.45, 2.75) is 33.4 Å². The van der Waals surface area contributed by atoms with Crippen molar-refractivity contribution in [3.05, 3.63) is 106 Å². The number of aryl methyl sites for hydroxylation is 1. The van der Waals surface area contributed by atoms with Gasteiger partial charge in [-0.05, 0) is 61.9 Å². The summed E-state index contributed by atoms with van der Waals surface area (Å²) >= 11 is 1.42. The molecule has 6 nitrogen and oxygen atoms in total. The van der Waals surface area contributed by atoms with Gasteiger partial charge >= 0.3 is 0 Å². The monoisotopic (exact) mass is 490 g/mol. The van der Waals surface area contributed by atoms with Gasteiger partial charge in [-0.2, -0.15) is 0 Å². The molecule has 0 atom stereocenters. The van der Waals surface area contributed by atoms with Gasteiger partial charge in [-0.3, -0.25) is 9.59 Å². The van der Waals surface area contributed by atoms with Crippen molar-refractivity contribution in [3.63, 3.8) is 0 Å². The third kappa shape index (κ3) is 6.22. The van der Waals surface area contributed by atoms with E-state index in [-0.39, 0.29) is 17.6 Å². The number of nitrogens with zero attached hydrogens (tertiary/aromatic N) is 3. The Labute approximate surface area is 208 Å². The molecule has 4 rings (SSSR count). The van der Waals surface area contributed by atoms with Crippen molar-refractivity contribution in [3.8, 4) is 0 Å². The minimum Gasteiger partial charge on any atom is -0.343 e. The fourth-order valence-electron chi connectivity index (χ4n) is 3.71. The number of anilines is 1. The lowest BCUT2D eigenvalue weighted by Crippen LogP contribution is -2.32. The fraction of sp³-hybridized carbons (Fsp3) is 0.222. The molecule has 0 aliphatic rings. The number of hydrogen-bond donors (Lipinski definition) is 1. The van der Waals surface area contributed by atoms with E-state index in [1.807, 2.05) is 61.0 Å². The van der Waals surface area contributed by atoms with E-state index in [4.69, 9.17) is 0 Å². The number of carbonyl (C=O) groups is 2. The van der Waals surface area contributed by atoms with Gasteiger partial charge in [-0.25, -0.2) is 9.37 Å². The lowest BCUT2D eigenvalue weighted by molar-refractivity contribution is 0.0739. The number of benzene rings is 2. The van der Waals surface area contributed by atoms with Gasteiger partial charge in [-0.15, -0.1) is 11.3 Å². The summed E-state index contributed by atoms with van der Waals surface area (Å²) in [6, 6.07) is 17.1. The number of rotatable bonds is 9. The Bertz CT molecular complexity index is 1300.